The van der Waals surface area contributed by atoms with Crippen molar-refractivity contribution in [2.45, 2.75) is 43.7 Å². The Hall–Kier alpha value is -2.03. The summed E-state index contributed by atoms with van der Waals surface area (Å²) < 4.78 is 6.06. The van der Waals surface area contributed by atoms with Crippen molar-refractivity contribution in [2.24, 2.45) is 0 Å². The number of H-pyrrole nitrogens is 1. The number of hydrogen-bond donors (Lipinski definition) is 1. The molecule has 5 nitrogen and oxygen atoms in total. The minimum atomic E-state index is -0.573. The molecule has 2 aromatic rings. The molecule has 0 radical (unpaired) electrons. The van der Waals surface area contributed by atoms with Gasteiger partial charge in [0, 0.05) is 24.1 Å². The highest BCUT2D eigenvalue weighted by Gasteiger charge is 2.49. The van der Waals surface area contributed by atoms with Crippen LogP contribution in [0.1, 0.15) is 42.6 Å². The van der Waals surface area contributed by atoms with Gasteiger partial charge in [-0.1, -0.05) is 29.8 Å². The number of likely N-dealkylation sites (tertiary alicyclic amines) is 1. The van der Waals surface area contributed by atoms with Gasteiger partial charge in [0.05, 0.1) is 11.1 Å². The zero-order valence-corrected chi connectivity index (χ0v) is 14.7. The number of benzene rings is 1. The minimum absolute atomic E-state index is 0.221. The highest BCUT2D eigenvalue weighted by Crippen LogP contribution is 2.39. The molecule has 130 valence electrons. The van der Waals surface area contributed by atoms with Gasteiger partial charge in [0.25, 0.3) is 5.91 Å². The third-order valence-electron chi connectivity index (χ3n) is 5.43. The predicted octanol–water partition coefficient (Wildman–Crippen LogP) is 3.89. The molecule has 3 heterocycles. The number of aromatic nitrogens is 1. The molecule has 6 heteroatoms. The van der Waals surface area contributed by atoms with Gasteiger partial charge in [0.2, 0.25) is 0 Å². The lowest BCUT2D eigenvalue weighted by atomic mass is 9.79. The first-order valence-corrected chi connectivity index (χ1v) is 9.15. The minimum Gasteiger partial charge on any atom is -0.372 e. The number of para-hydroxylation sites is 1. The Kier molecular flexibility index (Phi) is 4.18. The topological polar surface area (TPSA) is 69.1 Å². The molecule has 2 atom stereocenters. The summed E-state index contributed by atoms with van der Waals surface area (Å²) in [7, 11) is 0. The standard InChI is InChI=1S/C19H20ClN3O2/c20-16-13-6-1-2-7-14(13)22-17(16)18(24)23-10-5-9-19(15(23)12-21)8-3-4-11-25-19/h1-2,6-7,15,22H,3-5,8-11H2. The van der Waals surface area contributed by atoms with Gasteiger partial charge >= 0.3 is 0 Å². The van der Waals surface area contributed by atoms with Crippen LogP contribution >= 0.6 is 11.6 Å². The maximum atomic E-state index is 13.2. The Morgan fingerprint density at radius 2 is 2.12 bits per heavy atom. The van der Waals surface area contributed by atoms with E-state index in [4.69, 9.17) is 16.3 Å². The molecule has 0 bridgehead atoms. The summed E-state index contributed by atoms with van der Waals surface area (Å²) in [6.45, 7) is 1.21. The quantitative estimate of drug-likeness (QED) is 0.841. The van der Waals surface area contributed by atoms with E-state index >= 15 is 0 Å². The molecule has 2 aliphatic heterocycles. The summed E-state index contributed by atoms with van der Waals surface area (Å²) >= 11 is 6.45. The first-order chi connectivity index (χ1) is 12.2. The number of ether oxygens (including phenoxy) is 1. The number of aromatic amines is 1. The van der Waals surface area contributed by atoms with Crippen molar-refractivity contribution in [1.82, 2.24) is 9.88 Å². The number of carbonyl (C=O) groups excluding carboxylic acids is 1. The van der Waals surface area contributed by atoms with Crippen LogP contribution in [0.25, 0.3) is 10.9 Å². The SMILES string of the molecule is N#CC1N(C(=O)c2[nH]c3ccccc3c2Cl)CCCC12CCCCO2. The van der Waals surface area contributed by atoms with Crippen molar-refractivity contribution in [2.75, 3.05) is 13.2 Å². The van der Waals surface area contributed by atoms with E-state index in [0.29, 0.717) is 23.9 Å². The average molecular weight is 358 g/mol. The van der Waals surface area contributed by atoms with Gasteiger partial charge in [-0.3, -0.25) is 4.79 Å². The number of fused-ring (bicyclic) bond motifs is 1. The zero-order valence-electron chi connectivity index (χ0n) is 13.9. The summed E-state index contributed by atoms with van der Waals surface area (Å²) in [4.78, 5) is 18.0. The summed E-state index contributed by atoms with van der Waals surface area (Å²) in [6.07, 6.45) is 4.54. The van der Waals surface area contributed by atoms with Gasteiger partial charge < -0.3 is 14.6 Å². The molecule has 1 N–H and O–H groups in total. The number of hydrogen-bond acceptors (Lipinski definition) is 3. The van der Waals surface area contributed by atoms with Crippen LogP contribution in [0.5, 0.6) is 0 Å². The molecule has 2 saturated heterocycles. The summed E-state index contributed by atoms with van der Waals surface area (Å²) in [5.74, 6) is -0.221. The number of halogens is 1. The van der Waals surface area contributed by atoms with E-state index in [1.165, 1.54) is 0 Å². The molecule has 2 aliphatic rings. The highest BCUT2D eigenvalue weighted by atomic mass is 35.5. The lowest BCUT2D eigenvalue weighted by Gasteiger charge is -2.48. The molecule has 1 aromatic carbocycles. The number of rotatable bonds is 1. The fraction of sp³-hybridized carbons (Fsp3) is 0.474. The number of nitrogens with one attached hydrogen (secondary N) is 1. The van der Waals surface area contributed by atoms with E-state index in [0.717, 1.165) is 43.0 Å². The van der Waals surface area contributed by atoms with Crippen molar-refractivity contribution in [3.8, 4) is 6.07 Å². The fourth-order valence-electron chi connectivity index (χ4n) is 4.19. The van der Waals surface area contributed by atoms with E-state index in [1.807, 2.05) is 24.3 Å². The van der Waals surface area contributed by atoms with Crippen LogP contribution in [0.4, 0.5) is 0 Å². The maximum Gasteiger partial charge on any atom is 0.273 e. The van der Waals surface area contributed by atoms with Crippen molar-refractivity contribution in [3.63, 3.8) is 0 Å². The molecule has 1 spiro atoms. The van der Waals surface area contributed by atoms with Crippen molar-refractivity contribution < 1.29 is 9.53 Å². The molecule has 1 aromatic heterocycles. The Balaban J connectivity index is 1.70. The molecular formula is C19H20ClN3O2. The average Bonchev–Trinajstić information content (AvgIpc) is 2.99. The highest BCUT2D eigenvalue weighted by molar-refractivity contribution is 6.38. The number of amides is 1. The normalized spacial score (nSPS) is 26.7. The van der Waals surface area contributed by atoms with Crippen molar-refractivity contribution >= 4 is 28.4 Å². The van der Waals surface area contributed by atoms with Crippen LogP contribution in [0.3, 0.4) is 0 Å². The third kappa shape index (κ3) is 2.61. The Bertz CT molecular complexity index is 842. The number of piperidine rings is 1. The van der Waals surface area contributed by atoms with Crippen LogP contribution in [0.2, 0.25) is 5.02 Å². The molecule has 25 heavy (non-hydrogen) atoms. The van der Waals surface area contributed by atoms with Gasteiger partial charge in [0.1, 0.15) is 17.3 Å². The molecule has 2 fully saturated rings. The summed E-state index contributed by atoms with van der Waals surface area (Å²) in [6, 6.07) is 9.33. The molecule has 1 amide bonds. The van der Waals surface area contributed by atoms with Crippen molar-refractivity contribution in [3.05, 3.63) is 35.0 Å². The van der Waals surface area contributed by atoms with Gasteiger partial charge in [-0.2, -0.15) is 5.26 Å². The fourth-order valence-corrected chi connectivity index (χ4v) is 4.48. The second-order valence-corrected chi connectivity index (χ2v) is 7.24. The monoisotopic (exact) mass is 357 g/mol. The van der Waals surface area contributed by atoms with Crippen LogP contribution < -0.4 is 0 Å². The largest absolute Gasteiger partial charge is 0.372 e. The summed E-state index contributed by atoms with van der Waals surface area (Å²) in [5.41, 5.74) is 0.653. The van der Waals surface area contributed by atoms with E-state index in [2.05, 4.69) is 11.1 Å². The van der Waals surface area contributed by atoms with Gasteiger partial charge in [-0.05, 0) is 38.2 Å². The molecular weight excluding hydrogens is 338 g/mol. The second kappa shape index (κ2) is 6.36. The first-order valence-electron chi connectivity index (χ1n) is 8.77. The molecule has 0 aliphatic carbocycles. The second-order valence-electron chi connectivity index (χ2n) is 6.86. The Labute approximate surface area is 151 Å². The molecule has 4 rings (SSSR count). The lowest BCUT2D eigenvalue weighted by Crippen LogP contribution is -2.60. The Morgan fingerprint density at radius 1 is 1.32 bits per heavy atom. The van der Waals surface area contributed by atoms with Gasteiger partial charge in [0.15, 0.2) is 0 Å². The van der Waals surface area contributed by atoms with Gasteiger partial charge in [-0.25, -0.2) is 0 Å². The summed E-state index contributed by atoms with van der Waals surface area (Å²) in [5, 5.41) is 11.1. The van der Waals surface area contributed by atoms with E-state index in [-0.39, 0.29) is 5.91 Å². The third-order valence-corrected chi connectivity index (χ3v) is 5.83. The van der Waals surface area contributed by atoms with Crippen LogP contribution in [0, 0.1) is 11.3 Å². The van der Waals surface area contributed by atoms with Crippen LogP contribution in [-0.4, -0.2) is 40.6 Å². The zero-order chi connectivity index (χ0) is 17.4. The predicted molar refractivity (Wildman–Crippen MR) is 95.5 cm³/mol. The number of carbonyl (C=O) groups is 1. The van der Waals surface area contributed by atoms with E-state index in [1.54, 1.807) is 4.90 Å². The van der Waals surface area contributed by atoms with Crippen molar-refractivity contribution in [1.29, 1.82) is 5.26 Å². The maximum absolute atomic E-state index is 13.2. The van der Waals surface area contributed by atoms with E-state index < -0.39 is 11.6 Å². The van der Waals surface area contributed by atoms with Gasteiger partial charge in [-0.15, -0.1) is 0 Å². The van der Waals surface area contributed by atoms with Crippen LogP contribution in [-0.2, 0) is 4.74 Å². The Morgan fingerprint density at radius 3 is 2.84 bits per heavy atom. The van der Waals surface area contributed by atoms with E-state index in [9.17, 15) is 10.1 Å². The lowest BCUT2D eigenvalue weighted by molar-refractivity contribution is -0.128. The first kappa shape index (κ1) is 16.4. The van der Waals surface area contributed by atoms with Crippen LogP contribution in [0.15, 0.2) is 24.3 Å². The molecule has 2 unspecified atom stereocenters. The smallest absolute Gasteiger partial charge is 0.273 e. The number of nitrogens with zero attached hydrogens (tertiary/aromatic N) is 2. The molecule has 0 saturated carbocycles. The number of nitriles is 1.